The first-order chi connectivity index (χ1) is 8.46. The second kappa shape index (κ2) is 4.75. The molecule has 0 unspecified atom stereocenters. The minimum atomic E-state index is -0.207. The van der Waals surface area contributed by atoms with Crippen LogP contribution in [0.3, 0.4) is 0 Å². The van der Waals surface area contributed by atoms with Crippen molar-refractivity contribution < 1.29 is 5.11 Å². The van der Waals surface area contributed by atoms with Gasteiger partial charge in [-0.15, -0.1) is 0 Å². The van der Waals surface area contributed by atoms with Crippen LogP contribution < -0.4 is 0 Å². The van der Waals surface area contributed by atoms with Crippen LogP contribution in [0, 0.1) is 16.7 Å². The fraction of sp³-hybridized carbons (Fsp3) is 0.357. The van der Waals surface area contributed by atoms with Crippen LogP contribution in [-0.2, 0) is 6.54 Å². The predicted octanol–water partition coefficient (Wildman–Crippen LogP) is 3.29. The summed E-state index contributed by atoms with van der Waals surface area (Å²) in [6, 6.07) is 8.10. The van der Waals surface area contributed by atoms with Gasteiger partial charge in [-0.05, 0) is 12.1 Å². The van der Waals surface area contributed by atoms with Crippen molar-refractivity contribution in [2.24, 2.45) is 5.41 Å². The molecular formula is C14H15BrN2O. The lowest BCUT2D eigenvalue weighted by Gasteiger charge is -2.22. The Hall–Kier alpha value is -1.31. The number of benzene rings is 1. The van der Waals surface area contributed by atoms with Gasteiger partial charge >= 0.3 is 0 Å². The molecule has 2 rings (SSSR count). The average Bonchev–Trinajstić information content (AvgIpc) is 2.66. The SMILES string of the molecule is CC(C)(CO)Cn1cc(C#N)c2ccc(Br)cc21. The highest BCUT2D eigenvalue weighted by Gasteiger charge is 2.19. The number of halogens is 1. The number of nitriles is 1. The maximum absolute atomic E-state index is 9.36. The van der Waals surface area contributed by atoms with E-state index in [4.69, 9.17) is 5.26 Å². The topological polar surface area (TPSA) is 49.0 Å². The van der Waals surface area contributed by atoms with E-state index in [0.717, 1.165) is 15.4 Å². The van der Waals surface area contributed by atoms with Crippen molar-refractivity contribution in [3.05, 3.63) is 34.4 Å². The summed E-state index contributed by atoms with van der Waals surface area (Å²) in [5.74, 6) is 0. The Labute approximate surface area is 115 Å². The van der Waals surface area contributed by atoms with E-state index in [0.29, 0.717) is 12.1 Å². The molecule has 0 spiro atoms. The highest BCUT2D eigenvalue weighted by Crippen LogP contribution is 2.27. The predicted molar refractivity (Wildman–Crippen MR) is 75.2 cm³/mol. The zero-order valence-corrected chi connectivity index (χ0v) is 12.0. The molecule has 0 atom stereocenters. The molecule has 1 aromatic carbocycles. The summed E-state index contributed by atoms with van der Waals surface area (Å²) in [5, 5.41) is 19.5. The number of aliphatic hydroxyl groups excluding tert-OH is 1. The van der Waals surface area contributed by atoms with Crippen molar-refractivity contribution >= 4 is 26.8 Å². The fourth-order valence-corrected chi connectivity index (χ4v) is 2.35. The molecule has 0 amide bonds. The first-order valence-corrected chi connectivity index (χ1v) is 6.55. The third kappa shape index (κ3) is 2.43. The van der Waals surface area contributed by atoms with Gasteiger partial charge in [0.2, 0.25) is 0 Å². The molecule has 18 heavy (non-hydrogen) atoms. The molecule has 0 saturated carbocycles. The molecule has 1 heterocycles. The molecule has 3 nitrogen and oxygen atoms in total. The van der Waals surface area contributed by atoms with Gasteiger partial charge in [0.25, 0.3) is 0 Å². The molecule has 0 bridgehead atoms. The highest BCUT2D eigenvalue weighted by molar-refractivity contribution is 9.10. The standard InChI is InChI=1S/C14H15BrN2O/c1-14(2,9-18)8-17-7-10(6-16)12-4-3-11(15)5-13(12)17/h3-5,7,18H,8-9H2,1-2H3. The maximum atomic E-state index is 9.36. The molecule has 0 saturated heterocycles. The summed E-state index contributed by atoms with van der Waals surface area (Å²) in [5.41, 5.74) is 1.48. The van der Waals surface area contributed by atoms with Crippen LogP contribution in [0.4, 0.5) is 0 Å². The highest BCUT2D eigenvalue weighted by atomic mass is 79.9. The molecule has 1 N–H and O–H groups in total. The minimum Gasteiger partial charge on any atom is -0.396 e. The normalized spacial score (nSPS) is 11.7. The van der Waals surface area contributed by atoms with Gasteiger partial charge in [-0.2, -0.15) is 5.26 Å². The van der Waals surface area contributed by atoms with Gasteiger partial charge in [-0.25, -0.2) is 0 Å². The molecular weight excluding hydrogens is 292 g/mol. The van der Waals surface area contributed by atoms with E-state index in [9.17, 15) is 5.11 Å². The summed E-state index contributed by atoms with van der Waals surface area (Å²) in [7, 11) is 0. The number of hydrogen-bond donors (Lipinski definition) is 1. The van der Waals surface area contributed by atoms with Gasteiger partial charge in [0.05, 0.1) is 11.1 Å². The fourth-order valence-electron chi connectivity index (χ4n) is 2.00. The van der Waals surface area contributed by atoms with Crippen LogP contribution in [0.15, 0.2) is 28.9 Å². The van der Waals surface area contributed by atoms with Crippen molar-refractivity contribution in [3.63, 3.8) is 0 Å². The lowest BCUT2D eigenvalue weighted by atomic mass is 9.95. The van der Waals surface area contributed by atoms with Gasteiger partial charge in [0.15, 0.2) is 0 Å². The molecule has 0 aliphatic heterocycles. The largest absolute Gasteiger partial charge is 0.396 e. The molecule has 0 aliphatic carbocycles. The van der Waals surface area contributed by atoms with Crippen molar-refractivity contribution in [1.29, 1.82) is 5.26 Å². The number of aliphatic hydroxyl groups is 1. The Morgan fingerprint density at radius 1 is 1.44 bits per heavy atom. The number of rotatable bonds is 3. The summed E-state index contributed by atoms with van der Waals surface area (Å²) in [4.78, 5) is 0. The van der Waals surface area contributed by atoms with E-state index in [1.165, 1.54) is 0 Å². The maximum Gasteiger partial charge on any atom is 0.101 e. The Bertz CT molecular complexity index is 622. The Morgan fingerprint density at radius 2 is 2.17 bits per heavy atom. The summed E-state index contributed by atoms with van der Waals surface area (Å²) < 4.78 is 3.02. The van der Waals surface area contributed by atoms with E-state index in [2.05, 4.69) is 22.0 Å². The lowest BCUT2D eigenvalue weighted by Crippen LogP contribution is -2.23. The van der Waals surface area contributed by atoms with Gasteiger partial charge in [0, 0.05) is 34.6 Å². The van der Waals surface area contributed by atoms with Gasteiger partial charge in [-0.1, -0.05) is 35.8 Å². The monoisotopic (exact) mass is 306 g/mol. The van der Waals surface area contributed by atoms with Crippen LogP contribution in [0.1, 0.15) is 19.4 Å². The average molecular weight is 307 g/mol. The van der Waals surface area contributed by atoms with Crippen molar-refractivity contribution in [2.45, 2.75) is 20.4 Å². The first-order valence-electron chi connectivity index (χ1n) is 5.76. The summed E-state index contributed by atoms with van der Waals surface area (Å²) in [6.45, 7) is 4.80. The van der Waals surface area contributed by atoms with Crippen LogP contribution in [0.5, 0.6) is 0 Å². The Morgan fingerprint density at radius 3 is 2.78 bits per heavy atom. The molecule has 1 aromatic heterocycles. The quantitative estimate of drug-likeness (QED) is 0.946. The van der Waals surface area contributed by atoms with Crippen molar-refractivity contribution in [3.8, 4) is 6.07 Å². The smallest absolute Gasteiger partial charge is 0.101 e. The second-order valence-electron chi connectivity index (χ2n) is 5.27. The molecule has 2 aromatic rings. The second-order valence-corrected chi connectivity index (χ2v) is 6.18. The third-order valence-corrected chi connectivity index (χ3v) is 3.48. The summed E-state index contributed by atoms with van der Waals surface area (Å²) >= 11 is 3.45. The van der Waals surface area contributed by atoms with Gasteiger partial charge < -0.3 is 9.67 Å². The molecule has 94 valence electrons. The van der Waals surface area contributed by atoms with Gasteiger partial charge in [-0.3, -0.25) is 0 Å². The van der Waals surface area contributed by atoms with E-state index >= 15 is 0 Å². The van der Waals surface area contributed by atoms with E-state index < -0.39 is 0 Å². The van der Waals surface area contributed by atoms with Crippen molar-refractivity contribution in [1.82, 2.24) is 4.57 Å². The van der Waals surface area contributed by atoms with E-state index in [1.807, 2.05) is 42.8 Å². The summed E-state index contributed by atoms with van der Waals surface area (Å²) in [6.07, 6.45) is 1.86. The van der Waals surface area contributed by atoms with E-state index in [-0.39, 0.29) is 12.0 Å². The number of aromatic nitrogens is 1. The molecule has 0 aliphatic rings. The van der Waals surface area contributed by atoms with Gasteiger partial charge in [0.1, 0.15) is 6.07 Å². The van der Waals surface area contributed by atoms with Crippen LogP contribution in [0.25, 0.3) is 10.9 Å². The van der Waals surface area contributed by atoms with Crippen molar-refractivity contribution in [2.75, 3.05) is 6.61 Å². The Kier molecular flexibility index (Phi) is 3.47. The van der Waals surface area contributed by atoms with Crippen LogP contribution >= 0.6 is 15.9 Å². The zero-order valence-electron chi connectivity index (χ0n) is 10.4. The third-order valence-electron chi connectivity index (χ3n) is 2.99. The van der Waals surface area contributed by atoms with Crippen LogP contribution in [-0.4, -0.2) is 16.3 Å². The lowest BCUT2D eigenvalue weighted by molar-refractivity contribution is 0.142. The number of fused-ring (bicyclic) bond motifs is 1. The molecule has 0 fully saturated rings. The first kappa shape index (κ1) is 13.1. The zero-order chi connectivity index (χ0) is 13.3. The van der Waals surface area contributed by atoms with Crippen LogP contribution in [0.2, 0.25) is 0 Å². The molecule has 4 heteroatoms. The molecule has 0 radical (unpaired) electrons. The number of hydrogen-bond acceptors (Lipinski definition) is 2. The minimum absolute atomic E-state index is 0.114. The number of nitrogens with zero attached hydrogens (tertiary/aromatic N) is 2. The Balaban J connectivity index is 2.58. The van der Waals surface area contributed by atoms with E-state index in [1.54, 1.807) is 0 Å².